The molecule has 7 aromatic carbocycles. The third kappa shape index (κ3) is 4.14. The normalized spacial score (nSPS) is 13.2. The van der Waals surface area contributed by atoms with E-state index in [4.69, 9.17) is 4.42 Å². The van der Waals surface area contributed by atoms with E-state index in [-0.39, 0.29) is 0 Å². The van der Waals surface area contributed by atoms with Crippen LogP contribution >= 0.6 is 0 Å². The number of hydrogen-bond donors (Lipinski definition) is 0. The maximum absolute atomic E-state index is 6.16. The highest BCUT2D eigenvalue weighted by Gasteiger charge is 2.23. The van der Waals surface area contributed by atoms with E-state index in [9.17, 15) is 0 Å². The summed E-state index contributed by atoms with van der Waals surface area (Å²) in [5, 5.41) is 7.25. The third-order valence-corrected chi connectivity index (χ3v) is 10.6. The van der Waals surface area contributed by atoms with Crippen LogP contribution < -0.4 is 4.90 Å². The first-order chi connectivity index (χ1) is 25.3. The summed E-state index contributed by atoms with van der Waals surface area (Å²) in [6.07, 6.45) is 9.05. The lowest BCUT2D eigenvalue weighted by atomic mass is 9.98. The molecule has 0 N–H and O–H groups in total. The second kappa shape index (κ2) is 10.9. The van der Waals surface area contributed by atoms with Crippen LogP contribution in [0.15, 0.2) is 162 Å². The number of rotatable bonds is 5. The summed E-state index contributed by atoms with van der Waals surface area (Å²) in [5.74, 6) is 0. The molecule has 0 spiro atoms. The van der Waals surface area contributed by atoms with Gasteiger partial charge in [0, 0.05) is 43.7 Å². The van der Waals surface area contributed by atoms with Gasteiger partial charge in [0.05, 0.1) is 22.2 Å². The Kier molecular flexibility index (Phi) is 5.99. The summed E-state index contributed by atoms with van der Waals surface area (Å²) < 4.78 is 8.64. The first-order valence-electron chi connectivity index (χ1n) is 17.6. The molecule has 51 heavy (non-hydrogen) atoms. The third-order valence-electron chi connectivity index (χ3n) is 10.6. The van der Waals surface area contributed by atoms with Crippen molar-refractivity contribution in [3.05, 3.63) is 175 Å². The van der Waals surface area contributed by atoms with Gasteiger partial charge in [0.25, 0.3) is 0 Å². The highest BCUT2D eigenvalue weighted by atomic mass is 16.3. The quantitative estimate of drug-likeness (QED) is 0.185. The number of para-hydroxylation sites is 3. The second-order valence-corrected chi connectivity index (χ2v) is 13.4. The Hall–Kier alpha value is -6.76. The summed E-state index contributed by atoms with van der Waals surface area (Å²) in [6.45, 7) is 0. The molecule has 0 atom stereocenters. The average molecular weight is 651 g/mol. The standard InChI is InChI=1S/C48H30N2O/c1-2-11-31(12-3-1)32-23-27-34(28-24-32)49(35-29-25-33(26-30-35)36-15-10-22-45-46(36)41-14-5-7-21-44(41)51-45)43-20-9-18-40-39-17-8-16-38-37-13-4-6-19-42(37)50(47(38)39)48(40)43/h2,4-6,8-20,22-30H,1,3H2. The molecule has 0 aliphatic heterocycles. The predicted octanol–water partition coefficient (Wildman–Crippen LogP) is 13.2. The van der Waals surface area contributed by atoms with Crippen LogP contribution in [0.4, 0.5) is 17.1 Å². The van der Waals surface area contributed by atoms with Crippen molar-refractivity contribution in [3.63, 3.8) is 0 Å². The number of aromatic nitrogens is 1. The van der Waals surface area contributed by atoms with E-state index in [1.54, 1.807) is 0 Å². The van der Waals surface area contributed by atoms with Crippen LogP contribution in [0.1, 0.15) is 18.4 Å². The lowest BCUT2D eigenvalue weighted by molar-refractivity contribution is 0.669. The largest absolute Gasteiger partial charge is 0.447 e. The van der Waals surface area contributed by atoms with Crippen LogP contribution in [0.5, 0.6) is 0 Å². The molecule has 3 nitrogen and oxygen atoms in total. The average Bonchev–Trinajstić information content (AvgIpc) is 3.87. The molecular formula is C48H30N2O. The van der Waals surface area contributed by atoms with Crippen molar-refractivity contribution >= 4 is 82.7 Å². The summed E-state index contributed by atoms with van der Waals surface area (Å²) in [4.78, 5) is 2.42. The van der Waals surface area contributed by atoms with Crippen LogP contribution in [0.2, 0.25) is 0 Å². The van der Waals surface area contributed by atoms with Crippen LogP contribution in [-0.4, -0.2) is 4.40 Å². The van der Waals surface area contributed by atoms with Gasteiger partial charge in [-0.25, -0.2) is 0 Å². The maximum atomic E-state index is 6.16. The Labute approximate surface area is 294 Å². The number of fused-ring (bicyclic) bond motifs is 9. The van der Waals surface area contributed by atoms with Crippen molar-refractivity contribution in [2.45, 2.75) is 12.8 Å². The van der Waals surface area contributed by atoms with Gasteiger partial charge < -0.3 is 13.7 Å². The van der Waals surface area contributed by atoms with Gasteiger partial charge in [0.15, 0.2) is 5.58 Å². The zero-order chi connectivity index (χ0) is 33.5. The Morgan fingerprint density at radius 1 is 0.588 bits per heavy atom. The number of allylic oxidation sites excluding steroid dienone is 4. The molecule has 0 saturated heterocycles. The van der Waals surface area contributed by atoms with Crippen molar-refractivity contribution in [3.8, 4) is 11.1 Å². The molecule has 238 valence electrons. The topological polar surface area (TPSA) is 20.8 Å². The van der Waals surface area contributed by atoms with Gasteiger partial charge in [-0.3, -0.25) is 0 Å². The monoisotopic (exact) mass is 650 g/mol. The minimum Gasteiger partial charge on any atom is -0.447 e. The molecule has 3 aromatic heterocycles. The fraction of sp³-hybridized carbons (Fsp3) is 0.0417. The molecule has 3 heterocycles. The predicted molar refractivity (Wildman–Crippen MR) is 213 cm³/mol. The fourth-order valence-corrected chi connectivity index (χ4v) is 8.38. The van der Waals surface area contributed by atoms with Crippen LogP contribution in [0.3, 0.4) is 0 Å². The van der Waals surface area contributed by atoms with E-state index in [2.05, 4.69) is 167 Å². The Balaban J connectivity index is 1.14. The molecule has 0 bridgehead atoms. The van der Waals surface area contributed by atoms with Crippen molar-refractivity contribution in [1.82, 2.24) is 4.40 Å². The Morgan fingerprint density at radius 2 is 1.29 bits per heavy atom. The van der Waals surface area contributed by atoms with E-state index in [1.807, 2.05) is 12.1 Å². The van der Waals surface area contributed by atoms with E-state index in [1.165, 1.54) is 49.2 Å². The van der Waals surface area contributed by atoms with Gasteiger partial charge in [-0.15, -0.1) is 0 Å². The summed E-state index contributed by atoms with van der Waals surface area (Å²) >= 11 is 0. The molecule has 1 aliphatic carbocycles. The molecule has 10 aromatic rings. The molecule has 3 heteroatoms. The zero-order valence-corrected chi connectivity index (χ0v) is 27.7. The van der Waals surface area contributed by atoms with Gasteiger partial charge >= 0.3 is 0 Å². The Morgan fingerprint density at radius 3 is 2.10 bits per heavy atom. The molecule has 0 radical (unpaired) electrons. The molecular weight excluding hydrogens is 621 g/mol. The summed E-state index contributed by atoms with van der Waals surface area (Å²) in [6, 6.07) is 56.7. The van der Waals surface area contributed by atoms with E-state index in [0.717, 1.165) is 63.0 Å². The van der Waals surface area contributed by atoms with Crippen molar-refractivity contribution in [2.75, 3.05) is 4.90 Å². The number of hydrogen-bond acceptors (Lipinski definition) is 2. The molecule has 0 unspecified atom stereocenters. The van der Waals surface area contributed by atoms with Gasteiger partial charge in [-0.2, -0.15) is 0 Å². The van der Waals surface area contributed by atoms with E-state index >= 15 is 0 Å². The van der Waals surface area contributed by atoms with Crippen molar-refractivity contribution < 1.29 is 4.42 Å². The Bertz CT molecular complexity index is 3010. The number of nitrogens with zero attached hydrogens (tertiary/aromatic N) is 2. The van der Waals surface area contributed by atoms with Gasteiger partial charge in [0.2, 0.25) is 0 Å². The molecule has 1 aliphatic rings. The highest BCUT2D eigenvalue weighted by molar-refractivity contribution is 6.25. The molecule has 0 amide bonds. The first kappa shape index (κ1) is 28.1. The van der Waals surface area contributed by atoms with Gasteiger partial charge in [-0.1, -0.05) is 109 Å². The van der Waals surface area contributed by atoms with Crippen molar-refractivity contribution in [1.29, 1.82) is 0 Å². The molecule has 11 rings (SSSR count). The summed E-state index contributed by atoms with van der Waals surface area (Å²) in [5.41, 5.74) is 13.4. The van der Waals surface area contributed by atoms with Gasteiger partial charge in [0.1, 0.15) is 5.58 Å². The van der Waals surface area contributed by atoms with Crippen LogP contribution in [-0.2, 0) is 0 Å². The lowest BCUT2D eigenvalue weighted by Crippen LogP contribution is -2.11. The van der Waals surface area contributed by atoms with Gasteiger partial charge in [-0.05, 0) is 95.8 Å². The van der Waals surface area contributed by atoms with Crippen LogP contribution in [0, 0.1) is 12.1 Å². The second-order valence-electron chi connectivity index (χ2n) is 13.4. The highest BCUT2D eigenvalue weighted by Crippen LogP contribution is 2.46. The number of furan rings is 1. The summed E-state index contributed by atoms with van der Waals surface area (Å²) in [7, 11) is 0. The zero-order valence-electron chi connectivity index (χ0n) is 27.7. The first-order valence-corrected chi connectivity index (χ1v) is 17.6. The van der Waals surface area contributed by atoms with E-state index < -0.39 is 0 Å². The molecule has 0 fully saturated rings. The van der Waals surface area contributed by atoms with Crippen molar-refractivity contribution in [2.24, 2.45) is 0 Å². The van der Waals surface area contributed by atoms with Crippen LogP contribution in [0.25, 0.3) is 76.7 Å². The molecule has 0 saturated carbocycles. The minimum atomic E-state index is 0.733. The maximum Gasteiger partial charge on any atom is 0.185 e. The minimum absolute atomic E-state index is 0.733. The number of benzene rings is 6. The fourth-order valence-electron chi connectivity index (χ4n) is 8.38. The number of anilines is 3. The SMILES string of the molecule is c1ccc2c(c#1)oc1cccc(-c3ccc(N(c4ccc(C5=CCCC=C5)cc4)c4cccc5c6cccc7c8ccccc8n(c45)c76)cc3)c12. The smallest absolute Gasteiger partial charge is 0.185 e. The van der Waals surface area contributed by atoms with E-state index in [0.29, 0.717) is 0 Å². The lowest BCUT2D eigenvalue weighted by Gasteiger charge is -2.27.